The van der Waals surface area contributed by atoms with Crippen LogP contribution in [0.3, 0.4) is 0 Å². The topological polar surface area (TPSA) is 52.7 Å². The highest BCUT2D eigenvalue weighted by molar-refractivity contribution is 6.05. The van der Waals surface area contributed by atoms with Crippen molar-refractivity contribution in [1.29, 1.82) is 0 Å². The number of piperidine rings is 1. The van der Waals surface area contributed by atoms with Crippen LogP contribution in [0.15, 0.2) is 42.5 Å². The van der Waals surface area contributed by atoms with Crippen molar-refractivity contribution < 1.29 is 22.8 Å². The van der Waals surface area contributed by atoms with Gasteiger partial charge in [0, 0.05) is 44.0 Å². The lowest BCUT2D eigenvalue weighted by molar-refractivity contribution is -0.136. The molecule has 1 N–H and O–H groups in total. The highest BCUT2D eigenvalue weighted by atomic mass is 19.4. The fourth-order valence-corrected chi connectivity index (χ4v) is 3.22. The first-order valence-corrected chi connectivity index (χ1v) is 9.27. The summed E-state index contributed by atoms with van der Waals surface area (Å²) in [5.41, 5.74) is 0.0578. The number of nitrogens with zero attached hydrogens (tertiary/aromatic N) is 2. The molecule has 2 aromatic rings. The monoisotopic (exact) mass is 405 g/mol. The summed E-state index contributed by atoms with van der Waals surface area (Å²) in [6, 6.07) is 10.0. The van der Waals surface area contributed by atoms with Gasteiger partial charge in [-0.15, -0.1) is 0 Å². The van der Waals surface area contributed by atoms with E-state index in [0.717, 1.165) is 18.9 Å². The molecular formula is C21H22F3N3O2. The second-order valence-corrected chi connectivity index (χ2v) is 7.13. The molecule has 0 saturated carbocycles. The molecule has 0 atom stereocenters. The second-order valence-electron chi connectivity index (χ2n) is 7.13. The van der Waals surface area contributed by atoms with Crippen LogP contribution in [0, 0.1) is 0 Å². The molecule has 154 valence electrons. The average Bonchev–Trinajstić information content (AvgIpc) is 2.68. The van der Waals surface area contributed by atoms with Crippen molar-refractivity contribution in [2.45, 2.75) is 25.4 Å². The molecule has 1 fully saturated rings. The first-order chi connectivity index (χ1) is 13.7. The number of hydrogen-bond acceptors (Lipinski definition) is 3. The lowest BCUT2D eigenvalue weighted by atomic mass is 10.1. The SMILES string of the molecule is CN(C)c1ccc(NC(=O)c2ccc(N3CCCCC3=O)cc2)c(C(F)(F)F)c1. The van der Waals surface area contributed by atoms with Crippen molar-refractivity contribution in [1.82, 2.24) is 0 Å². The predicted octanol–water partition coefficient (Wildman–Crippen LogP) is 4.54. The Hall–Kier alpha value is -3.03. The molecule has 8 heteroatoms. The Morgan fingerprint density at radius 3 is 2.34 bits per heavy atom. The number of rotatable bonds is 4. The van der Waals surface area contributed by atoms with Gasteiger partial charge < -0.3 is 15.1 Å². The highest BCUT2D eigenvalue weighted by Crippen LogP contribution is 2.37. The molecule has 0 spiro atoms. The molecule has 29 heavy (non-hydrogen) atoms. The maximum Gasteiger partial charge on any atom is 0.418 e. The third-order valence-corrected chi connectivity index (χ3v) is 4.84. The van der Waals surface area contributed by atoms with Crippen molar-refractivity contribution >= 4 is 28.9 Å². The predicted molar refractivity (Wildman–Crippen MR) is 106 cm³/mol. The number of halogens is 3. The zero-order valence-corrected chi connectivity index (χ0v) is 16.2. The van der Waals surface area contributed by atoms with E-state index in [9.17, 15) is 22.8 Å². The van der Waals surface area contributed by atoms with Gasteiger partial charge in [-0.05, 0) is 55.3 Å². The van der Waals surface area contributed by atoms with Gasteiger partial charge in [0.15, 0.2) is 0 Å². The van der Waals surface area contributed by atoms with Crippen LogP contribution < -0.4 is 15.1 Å². The molecule has 1 saturated heterocycles. The molecule has 2 aromatic carbocycles. The quantitative estimate of drug-likeness (QED) is 0.813. The lowest BCUT2D eigenvalue weighted by Gasteiger charge is -2.26. The third kappa shape index (κ3) is 4.70. The Bertz CT molecular complexity index is 908. The van der Waals surface area contributed by atoms with E-state index in [4.69, 9.17) is 0 Å². The zero-order chi connectivity index (χ0) is 21.2. The second kappa shape index (κ2) is 8.14. The van der Waals surface area contributed by atoms with Crippen molar-refractivity contribution in [3.8, 4) is 0 Å². The van der Waals surface area contributed by atoms with E-state index in [-0.39, 0.29) is 17.2 Å². The van der Waals surface area contributed by atoms with Crippen LogP contribution in [-0.2, 0) is 11.0 Å². The molecule has 0 bridgehead atoms. The van der Waals surface area contributed by atoms with Gasteiger partial charge in [0.2, 0.25) is 5.91 Å². The summed E-state index contributed by atoms with van der Waals surface area (Å²) in [5, 5.41) is 2.35. The van der Waals surface area contributed by atoms with Crippen LogP contribution >= 0.6 is 0 Å². The van der Waals surface area contributed by atoms with Gasteiger partial charge in [0.1, 0.15) is 0 Å². The lowest BCUT2D eigenvalue weighted by Crippen LogP contribution is -2.35. The highest BCUT2D eigenvalue weighted by Gasteiger charge is 2.34. The number of hydrogen-bond donors (Lipinski definition) is 1. The van der Waals surface area contributed by atoms with Gasteiger partial charge >= 0.3 is 6.18 Å². The Morgan fingerprint density at radius 1 is 1.07 bits per heavy atom. The molecular weight excluding hydrogens is 383 g/mol. The number of anilines is 3. The van der Waals surface area contributed by atoms with Crippen LogP contribution in [0.2, 0.25) is 0 Å². The maximum absolute atomic E-state index is 13.4. The van der Waals surface area contributed by atoms with Crippen LogP contribution in [-0.4, -0.2) is 32.5 Å². The standard InChI is InChI=1S/C21H22F3N3O2/c1-26(2)16-10-11-18(17(13-16)21(22,23)24)25-20(29)14-6-8-15(9-7-14)27-12-4-3-5-19(27)28/h6-11,13H,3-5,12H2,1-2H3,(H,25,29). The number of carbonyl (C=O) groups excluding carboxylic acids is 2. The number of amides is 2. The van der Waals surface area contributed by atoms with E-state index >= 15 is 0 Å². The van der Waals surface area contributed by atoms with Gasteiger partial charge in [-0.1, -0.05) is 0 Å². The van der Waals surface area contributed by atoms with E-state index in [1.54, 1.807) is 36.0 Å². The minimum absolute atomic E-state index is 0.0317. The summed E-state index contributed by atoms with van der Waals surface area (Å²) in [5.74, 6) is -0.617. The first kappa shape index (κ1) is 20.7. The first-order valence-electron chi connectivity index (χ1n) is 9.27. The van der Waals surface area contributed by atoms with Gasteiger partial charge in [0.05, 0.1) is 11.3 Å². The van der Waals surface area contributed by atoms with Gasteiger partial charge in [0.25, 0.3) is 5.91 Å². The van der Waals surface area contributed by atoms with E-state index in [1.165, 1.54) is 24.3 Å². The van der Waals surface area contributed by atoms with E-state index < -0.39 is 17.6 Å². The number of benzene rings is 2. The van der Waals surface area contributed by atoms with E-state index in [2.05, 4.69) is 5.32 Å². The molecule has 1 heterocycles. The van der Waals surface area contributed by atoms with Crippen molar-refractivity contribution in [2.75, 3.05) is 35.8 Å². The molecule has 0 unspecified atom stereocenters. The van der Waals surface area contributed by atoms with Crippen LogP contribution in [0.4, 0.5) is 30.2 Å². The molecule has 5 nitrogen and oxygen atoms in total. The minimum atomic E-state index is -4.60. The number of nitrogens with one attached hydrogen (secondary N) is 1. The fourth-order valence-electron chi connectivity index (χ4n) is 3.22. The van der Waals surface area contributed by atoms with Gasteiger partial charge in [-0.3, -0.25) is 9.59 Å². The van der Waals surface area contributed by atoms with Gasteiger partial charge in [-0.2, -0.15) is 13.2 Å². The molecule has 0 aromatic heterocycles. The minimum Gasteiger partial charge on any atom is -0.378 e. The van der Waals surface area contributed by atoms with E-state index in [0.29, 0.717) is 24.3 Å². The Balaban J connectivity index is 1.80. The van der Waals surface area contributed by atoms with Crippen LogP contribution in [0.1, 0.15) is 35.2 Å². The largest absolute Gasteiger partial charge is 0.418 e. The molecule has 0 aliphatic carbocycles. The van der Waals surface area contributed by atoms with Crippen molar-refractivity contribution in [3.05, 3.63) is 53.6 Å². The fraction of sp³-hybridized carbons (Fsp3) is 0.333. The Labute approximate surface area is 167 Å². The maximum atomic E-state index is 13.4. The molecule has 1 aliphatic heterocycles. The summed E-state index contributed by atoms with van der Waals surface area (Å²) in [7, 11) is 3.28. The van der Waals surface area contributed by atoms with Gasteiger partial charge in [-0.25, -0.2) is 0 Å². The van der Waals surface area contributed by atoms with Crippen LogP contribution in [0.5, 0.6) is 0 Å². The molecule has 2 amide bonds. The van der Waals surface area contributed by atoms with Crippen molar-refractivity contribution in [3.63, 3.8) is 0 Å². The molecule has 1 aliphatic rings. The normalized spacial score (nSPS) is 14.7. The summed E-state index contributed by atoms with van der Waals surface area (Å²) < 4.78 is 40.3. The molecule has 3 rings (SSSR count). The van der Waals surface area contributed by atoms with E-state index in [1.807, 2.05) is 0 Å². The zero-order valence-electron chi connectivity index (χ0n) is 16.2. The van der Waals surface area contributed by atoms with Crippen molar-refractivity contribution in [2.24, 2.45) is 0 Å². The summed E-state index contributed by atoms with van der Waals surface area (Å²) in [6.07, 6.45) is -2.33. The Morgan fingerprint density at radius 2 is 1.76 bits per heavy atom. The summed E-state index contributed by atoms with van der Waals surface area (Å²) in [6.45, 7) is 0.623. The Kier molecular flexibility index (Phi) is 5.81. The molecule has 0 radical (unpaired) electrons. The van der Waals surface area contributed by atoms with Crippen LogP contribution in [0.25, 0.3) is 0 Å². The third-order valence-electron chi connectivity index (χ3n) is 4.84. The number of alkyl halides is 3. The average molecular weight is 405 g/mol. The number of carbonyl (C=O) groups is 2. The summed E-state index contributed by atoms with van der Waals surface area (Å²) in [4.78, 5) is 27.7. The smallest absolute Gasteiger partial charge is 0.378 e. The summed E-state index contributed by atoms with van der Waals surface area (Å²) >= 11 is 0.